The molecule has 1 aliphatic carbocycles. The molecule has 4 heteroatoms. The van der Waals surface area contributed by atoms with Crippen molar-refractivity contribution in [3.8, 4) is 6.07 Å². The first kappa shape index (κ1) is 14.2. The smallest absolute Gasteiger partial charge is 0.267 e. The first-order valence-corrected chi connectivity index (χ1v) is 7.94. The first-order chi connectivity index (χ1) is 9.21. The van der Waals surface area contributed by atoms with Gasteiger partial charge in [0.05, 0.1) is 5.03 Å². The topological polar surface area (TPSA) is 56.6 Å². The first-order valence-electron chi connectivity index (χ1n) is 7.06. The van der Waals surface area contributed by atoms with Crippen LogP contribution in [0.4, 0.5) is 0 Å². The van der Waals surface area contributed by atoms with Crippen LogP contribution in [0.1, 0.15) is 56.2 Å². The van der Waals surface area contributed by atoms with E-state index in [-0.39, 0.29) is 5.56 Å². The number of aromatic nitrogens is 1. The molecule has 19 heavy (non-hydrogen) atoms. The highest BCUT2D eigenvalue weighted by atomic mass is 32.2. The molecule has 0 fully saturated rings. The van der Waals surface area contributed by atoms with Gasteiger partial charge in [-0.15, -0.1) is 11.8 Å². The van der Waals surface area contributed by atoms with Crippen LogP contribution in [0.3, 0.4) is 0 Å². The number of aromatic amines is 1. The highest BCUT2D eigenvalue weighted by molar-refractivity contribution is 7.99. The lowest BCUT2D eigenvalue weighted by atomic mass is 9.90. The number of rotatable bonds is 4. The number of nitriles is 1. The van der Waals surface area contributed by atoms with Crippen LogP contribution in [-0.2, 0) is 12.8 Å². The van der Waals surface area contributed by atoms with Crippen molar-refractivity contribution in [2.24, 2.45) is 0 Å². The Balaban J connectivity index is 2.48. The lowest BCUT2D eigenvalue weighted by Gasteiger charge is -2.21. The predicted molar refractivity (Wildman–Crippen MR) is 78.6 cm³/mol. The van der Waals surface area contributed by atoms with Gasteiger partial charge in [0.25, 0.3) is 5.56 Å². The number of thioether (sulfide) groups is 1. The number of nitrogens with one attached hydrogen (secondary N) is 1. The molecule has 0 saturated heterocycles. The quantitative estimate of drug-likeness (QED) is 0.857. The Labute approximate surface area is 118 Å². The molecule has 2 rings (SSSR count). The predicted octanol–water partition coefficient (Wildman–Crippen LogP) is 3.41. The van der Waals surface area contributed by atoms with Gasteiger partial charge in [0.2, 0.25) is 0 Å². The van der Waals surface area contributed by atoms with Crippen LogP contribution < -0.4 is 5.56 Å². The Hall–Kier alpha value is -1.21. The van der Waals surface area contributed by atoms with Crippen LogP contribution in [0.5, 0.6) is 0 Å². The molecule has 102 valence electrons. The van der Waals surface area contributed by atoms with E-state index in [1.165, 1.54) is 5.56 Å². The van der Waals surface area contributed by atoms with Crippen molar-refractivity contribution in [2.75, 3.05) is 0 Å². The number of H-pyrrole nitrogens is 1. The molecule has 0 amide bonds. The molecule has 3 nitrogen and oxygen atoms in total. The summed E-state index contributed by atoms with van der Waals surface area (Å²) in [4.78, 5) is 14.9. The van der Waals surface area contributed by atoms with E-state index in [0.717, 1.165) is 49.1 Å². The third-order valence-corrected chi connectivity index (χ3v) is 5.39. The summed E-state index contributed by atoms with van der Waals surface area (Å²) in [6.45, 7) is 4.35. The lowest BCUT2D eigenvalue weighted by Crippen LogP contribution is -2.20. The molecule has 0 bridgehead atoms. The van der Waals surface area contributed by atoms with E-state index in [9.17, 15) is 4.79 Å². The summed E-state index contributed by atoms with van der Waals surface area (Å²) in [6, 6.07) is 2.08. The molecule has 1 aromatic heterocycles. The van der Waals surface area contributed by atoms with Crippen LogP contribution in [0.2, 0.25) is 0 Å². The third-order valence-electron chi connectivity index (χ3n) is 3.80. The Kier molecular flexibility index (Phi) is 4.71. The number of hydrogen-bond acceptors (Lipinski definition) is 3. The van der Waals surface area contributed by atoms with Crippen LogP contribution in [0, 0.1) is 11.3 Å². The summed E-state index contributed by atoms with van der Waals surface area (Å²) in [5, 5.41) is 10.7. The number of pyridine rings is 1. The zero-order valence-electron chi connectivity index (χ0n) is 11.6. The van der Waals surface area contributed by atoms with E-state index in [1.54, 1.807) is 11.8 Å². The molecule has 1 aliphatic rings. The van der Waals surface area contributed by atoms with Gasteiger partial charge in [-0.3, -0.25) is 4.79 Å². The highest BCUT2D eigenvalue weighted by Crippen LogP contribution is 2.33. The Morgan fingerprint density at radius 3 is 2.47 bits per heavy atom. The van der Waals surface area contributed by atoms with Gasteiger partial charge in [-0.2, -0.15) is 5.26 Å². The van der Waals surface area contributed by atoms with Crippen LogP contribution in [0.15, 0.2) is 9.82 Å². The fraction of sp³-hybridized carbons (Fsp3) is 0.600. The number of fused-ring (bicyclic) bond motifs is 1. The number of hydrogen-bond donors (Lipinski definition) is 1. The van der Waals surface area contributed by atoms with Gasteiger partial charge >= 0.3 is 0 Å². The molecule has 0 radical (unpaired) electrons. The molecule has 1 heterocycles. The van der Waals surface area contributed by atoms with Gasteiger partial charge in [0.1, 0.15) is 11.6 Å². The van der Waals surface area contributed by atoms with Gasteiger partial charge in [0, 0.05) is 5.25 Å². The summed E-state index contributed by atoms with van der Waals surface area (Å²) in [6.07, 6.45) is 6.29. The molecule has 0 unspecified atom stereocenters. The van der Waals surface area contributed by atoms with E-state index in [2.05, 4.69) is 24.9 Å². The maximum Gasteiger partial charge on any atom is 0.267 e. The van der Waals surface area contributed by atoms with Crippen molar-refractivity contribution in [3.63, 3.8) is 0 Å². The van der Waals surface area contributed by atoms with E-state index in [1.807, 2.05) is 0 Å². The maximum atomic E-state index is 12.0. The van der Waals surface area contributed by atoms with Gasteiger partial charge in [0.15, 0.2) is 0 Å². The van der Waals surface area contributed by atoms with E-state index < -0.39 is 0 Å². The Morgan fingerprint density at radius 1 is 1.26 bits per heavy atom. The average molecular weight is 276 g/mol. The third kappa shape index (κ3) is 2.87. The highest BCUT2D eigenvalue weighted by Gasteiger charge is 2.21. The van der Waals surface area contributed by atoms with Gasteiger partial charge in [-0.25, -0.2) is 0 Å². The van der Waals surface area contributed by atoms with Crippen LogP contribution in [-0.4, -0.2) is 10.2 Å². The largest absolute Gasteiger partial charge is 0.316 e. The van der Waals surface area contributed by atoms with Crippen molar-refractivity contribution >= 4 is 11.8 Å². The van der Waals surface area contributed by atoms with Gasteiger partial charge in [-0.05, 0) is 49.7 Å². The monoisotopic (exact) mass is 276 g/mol. The minimum Gasteiger partial charge on any atom is -0.316 e. The second-order valence-corrected chi connectivity index (χ2v) is 6.30. The summed E-state index contributed by atoms with van der Waals surface area (Å²) < 4.78 is 0. The minimum absolute atomic E-state index is 0.211. The summed E-state index contributed by atoms with van der Waals surface area (Å²) in [5.74, 6) is 0. The van der Waals surface area contributed by atoms with Crippen molar-refractivity contribution in [1.29, 1.82) is 5.26 Å². The Morgan fingerprint density at radius 2 is 1.89 bits per heavy atom. The standard InChI is InChI=1S/C15H20N2OS/c1-3-10(4-2)19-15-12-8-6-5-7-11(12)13(9-16)14(18)17-15/h10H,3-8H2,1-2H3,(H,17,18). The van der Waals surface area contributed by atoms with Crippen LogP contribution in [0.25, 0.3) is 0 Å². The van der Waals surface area contributed by atoms with Gasteiger partial charge in [-0.1, -0.05) is 13.8 Å². The maximum absolute atomic E-state index is 12.0. The van der Waals surface area contributed by atoms with Gasteiger partial charge < -0.3 is 4.98 Å². The summed E-state index contributed by atoms with van der Waals surface area (Å²) >= 11 is 1.77. The van der Waals surface area contributed by atoms with E-state index in [0.29, 0.717) is 10.8 Å². The molecule has 0 aliphatic heterocycles. The van der Waals surface area contributed by atoms with Crippen molar-refractivity contribution in [1.82, 2.24) is 4.98 Å². The Bertz CT molecular complexity index is 552. The molecule has 0 atom stereocenters. The molecular weight excluding hydrogens is 256 g/mol. The zero-order valence-corrected chi connectivity index (χ0v) is 12.4. The second kappa shape index (κ2) is 6.29. The summed E-state index contributed by atoms with van der Waals surface area (Å²) in [7, 11) is 0. The summed E-state index contributed by atoms with van der Waals surface area (Å²) in [5.41, 5.74) is 2.35. The molecule has 0 aromatic carbocycles. The SMILES string of the molecule is CCC(CC)Sc1[nH]c(=O)c(C#N)c2c1CCCC2. The van der Waals surface area contributed by atoms with Crippen molar-refractivity contribution in [3.05, 3.63) is 27.0 Å². The normalized spacial score (nSPS) is 14.2. The fourth-order valence-electron chi connectivity index (χ4n) is 2.65. The zero-order chi connectivity index (χ0) is 13.8. The fourth-order valence-corrected chi connectivity index (χ4v) is 3.84. The second-order valence-electron chi connectivity index (χ2n) is 4.99. The molecule has 0 spiro atoms. The molecule has 0 saturated carbocycles. The van der Waals surface area contributed by atoms with E-state index >= 15 is 0 Å². The van der Waals surface area contributed by atoms with Crippen molar-refractivity contribution < 1.29 is 0 Å². The number of nitrogens with zero attached hydrogens (tertiary/aromatic N) is 1. The van der Waals surface area contributed by atoms with E-state index in [4.69, 9.17) is 5.26 Å². The average Bonchev–Trinajstić information content (AvgIpc) is 2.44. The van der Waals surface area contributed by atoms with Crippen LogP contribution >= 0.6 is 11.8 Å². The molecule has 1 aromatic rings. The lowest BCUT2D eigenvalue weighted by molar-refractivity contribution is 0.661. The minimum atomic E-state index is -0.211. The van der Waals surface area contributed by atoms with Crippen molar-refractivity contribution in [2.45, 2.75) is 62.6 Å². The molecular formula is C15H20N2OS. The molecule has 1 N–H and O–H groups in total.